The fourth-order valence-electron chi connectivity index (χ4n) is 2.42. The highest BCUT2D eigenvalue weighted by Crippen LogP contribution is 2.28. The number of nitrogens with two attached hydrogens (primary N) is 1. The highest BCUT2D eigenvalue weighted by atomic mass is 16.5. The smallest absolute Gasteiger partial charge is 0.0479 e. The van der Waals surface area contributed by atoms with Crippen molar-refractivity contribution < 1.29 is 4.74 Å². The molecule has 0 saturated carbocycles. The molecular formula is C16H22N2O. The fourth-order valence-corrected chi connectivity index (χ4v) is 2.42. The van der Waals surface area contributed by atoms with E-state index in [4.69, 9.17) is 10.5 Å². The zero-order valence-electron chi connectivity index (χ0n) is 11.7. The van der Waals surface area contributed by atoms with E-state index < -0.39 is 0 Å². The molecule has 0 aliphatic heterocycles. The van der Waals surface area contributed by atoms with E-state index in [0.29, 0.717) is 6.54 Å². The van der Waals surface area contributed by atoms with Crippen LogP contribution in [0.2, 0.25) is 0 Å². The van der Waals surface area contributed by atoms with E-state index in [1.165, 1.54) is 22.0 Å². The Balaban J connectivity index is 2.33. The first kappa shape index (κ1) is 13.8. The van der Waals surface area contributed by atoms with Crippen LogP contribution in [-0.2, 0) is 11.3 Å². The van der Waals surface area contributed by atoms with Gasteiger partial charge in [-0.05, 0) is 23.4 Å². The first-order valence-corrected chi connectivity index (χ1v) is 6.68. The molecule has 3 nitrogen and oxygen atoms in total. The normalized spacial score (nSPS) is 10.9. The first-order chi connectivity index (χ1) is 9.27. The number of fused-ring (bicyclic) bond motifs is 1. The highest BCUT2D eigenvalue weighted by Gasteiger charge is 2.08. The molecule has 2 rings (SSSR count). The maximum Gasteiger partial charge on any atom is 0.0479 e. The standard InChI is InChI=1S/C16H22N2O/c1-18(10-5-11-19-2)16-9-8-13(12-17)14-6-3-4-7-15(14)16/h3-4,6-9H,5,10-12,17H2,1-2H3. The van der Waals surface area contributed by atoms with Crippen LogP contribution in [0.4, 0.5) is 5.69 Å². The van der Waals surface area contributed by atoms with Crippen molar-refractivity contribution in [1.82, 2.24) is 0 Å². The summed E-state index contributed by atoms with van der Waals surface area (Å²) >= 11 is 0. The Morgan fingerprint density at radius 3 is 2.53 bits per heavy atom. The van der Waals surface area contributed by atoms with Gasteiger partial charge in [0.05, 0.1) is 0 Å². The molecule has 0 saturated heterocycles. The minimum absolute atomic E-state index is 0.578. The van der Waals surface area contributed by atoms with Crippen LogP contribution >= 0.6 is 0 Å². The van der Waals surface area contributed by atoms with Gasteiger partial charge in [-0.1, -0.05) is 30.3 Å². The van der Waals surface area contributed by atoms with Gasteiger partial charge in [-0.25, -0.2) is 0 Å². The van der Waals surface area contributed by atoms with Crippen LogP contribution in [0.5, 0.6) is 0 Å². The van der Waals surface area contributed by atoms with Crippen LogP contribution in [0, 0.1) is 0 Å². The maximum absolute atomic E-state index is 5.81. The zero-order chi connectivity index (χ0) is 13.7. The van der Waals surface area contributed by atoms with E-state index in [-0.39, 0.29) is 0 Å². The van der Waals surface area contributed by atoms with E-state index in [9.17, 15) is 0 Å². The van der Waals surface area contributed by atoms with Crippen molar-refractivity contribution in [2.24, 2.45) is 5.73 Å². The number of hydrogen-bond acceptors (Lipinski definition) is 3. The second-order valence-electron chi connectivity index (χ2n) is 4.76. The van der Waals surface area contributed by atoms with Crippen LogP contribution in [0.15, 0.2) is 36.4 Å². The number of ether oxygens (including phenoxy) is 1. The molecule has 0 fully saturated rings. The van der Waals surface area contributed by atoms with Crippen LogP contribution in [-0.4, -0.2) is 27.3 Å². The summed E-state index contributed by atoms with van der Waals surface area (Å²) in [7, 11) is 3.87. The third-order valence-corrected chi connectivity index (χ3v) is 3.46. The lowest BCUT2D eigenvalue weighted by Crippen LogP contribution is -2.20. The Morgan fingerprint density at radius 2 is 1.84 bits per heavy atom. The minimum Gasteiger partial charge on any atom is -0.385 e. The topological polar surface area (TPSA) is 38.5 Å². The van der Waals surface area contributed by atoms with Gasteiger partial charge in [0.2, 0.25) is 0 Å². The molecule has 0 radical (unpaired) electrons. The van der Waals surface area contributed by atoms with Crippen molar-refractivity contribution in [2.45, 2.75) is 13.0 Å². The van der Waals surface area contributed by atoms with Crippen molar-refractivity contribution in [2.75, 3.05) is 32.2 Å². The van der Waals surface area contributed by atoms with Crippen molar-refractivity contribution >= 4 is 16.5 Å². The highest BCUT2D eigenvalue weighted by molar-refractivity contribution is 5.96. The summed E-state index contributed by atoms with van der Waals surface area (Å²) in [6.07, 6.45) is 1.03. The molecule has 0 aliphatic carbocycles. The summed E-state index contributed by atoms with van der Waals surface area (Å²) < 4.78 is 5.11. The Labute approximate surface area is 115 Å². The third-order valence-electron chi connectivity index (χ3n) is 3.46. The minimum atomic E-state index is 0.578. The molecule has 19 heavy (non-hydrogen) atoms. The third kappa shape index (κ3) is 3.06. The summed E-state index contributed by atoms with van der Waals surface area (Å²) in [4.78, 5) is 2.28. The monoisotopic (exact) mass is 258 g/mol. The van der Waals surface area contributed by atoms with E-state index in [1.54, 1.807) is 7.11 Å². The molecule has 0 spiro atoms. The quantitative estimate of drug-likeness (QED) is 0.810. The fraction of sp³-hybridized carbons (Fsp3) is 0.375. The lowest BCUT2D eigenvalue weighted by Gasteiger charge is -2.22. The average molecular weight is 258 g/mol. The van der Waals surface area contributed by atoms with Gasteiger partial charge in [0.1, 0.15) is 0 Å². The van der Waals surface area contributed by atoms with Crippen molar-refractivity contribution in [1.29, 1.82) is 0 Å². The van der Waals surface area contributed by atoms with Gasteiger partial charge in [-0.15, -0.1) is 0 Å². The molecule has 0 atom stereocenters. The van der Waals surface area contributed by atoms with Gasteiger partial charge in [-0.3, -0.25) is 0 Å². The number of methoxy groups -OCH3 is 1. The summed E-state index contributed by atoms with van der Waals surface area (Å²) in [6, 6.07) is 12.7. The van der Waals surface area contributed by atoms with Gasteiger partial charge in [0, 0.05) is 44.9 Å². The van der Waals surface area contributed by atoms with Gasteiger partial charge in [0.15, 0.2) is 0 Å². The Bertz CT molecular complexity index is 539. The molecule has 2 aromatic carbocycles. The van der Waals surface area contributed by atoms with Crippen LogP contribution in [0.3, 0.4) is 0 Å². The number of anilines is 1. The molecule has 0 unspecified atom stereocenters. The summed E-state index contributed by atoms with van der Waals surface area (Å²) in [5, 5.41) is 2.52. The molecule has 102 valence electrons. The predicted octanol–water partition coefficient (Wildman–Crippen LogP) is 2.77. The SMILES string of the molecule is COCCCN(C)c1ccc(CN)c2ccccc12. The zero-order valence-corrected chi connectivity index (χ0v) is 11.7. The number of hydrogen-bond donors (Lipinski definition) is 1. The maximum atomic E-state index is 5.81. The lowest BCUT2D eigenvalue weighted by molar-refractivity contribution is 0.196. The molecular weight excluding hydrogens is 236 g/mol. The summed E-state index contributed by atoms with van der Waals surface area (Å²) in [5.41, 5.74) is 8.26. The van der Waals surface area contributed by atoms with Gasteiger partial charge >= 0.3 is 0 Å². The van der Waals surface area contributed by atoms with Crippen LogP contribution < -0.4 is 10.6 Å². The average Bonchev–Trinajstić information content (AvgIpc) is 2.46. The summed E-state index contributed by atoms with van der Waals surface area (Å²) in [6.45, 7) is 2.36. The van der Waals surface area contributed by atoms with Gasteiger partial charge in [0.25, 0.3) is 0 Å². The van der Waals surface area contributed by atoms with Crippen molar-refractivity contribution in [3.05, 3.63) is 42.0 Å². The largest absolute Gasteiger partial charge is 0.385 e. The van der Waals surface area contributed by atoms with Crippen molar-refractivity contribution in [3.63, 3.8) is 0 Å². The molecule has 0 bridgehead atoms. The molecule has 0 aromatic heterocycles. The van der Waals surface area contributed by atoms with Gasteiger partial charge in [-0.2, -0.15) is 0 Å². The van der Waals surface area contributed by atoms with Crippen LogP contribution in [0.1, 0.15) is 12.0 Å². The predicted molar refractivity (Wildman–Crippen MR) is 81.6 cm³/mol. The molecule has 2 aromatic rings. The molecule has 0 heterocycles. The molecule has 0 aliphatic rings. The Kier molecular flexibility index (Phi) is 4.77. The van der Waals surface area contributed by atoms with E-state index >= 15 is 0 Å². The lowest BCUT2D eigenvalue weighted by atomic mass is 10.0. The number of benzene rings is 2. The van der Waals surface area contributed by atoms with E-state index in [2.05, 4.69) is 48.3 Å². The summed E-state index contributed by atoms with van der Waals surface area (Å²) in [5.74, 6) is 0. The Hall–Kier alpha value is -1.58. The van der Waals surface area contributed by atoms with Crippen LogP contribution in [0.25, 0.3) is 10.8 Å². The molecule has 2 N–H and O–H groups in total. The second kappa shape index (κ2) is 6.55. The molecule has 3 heteroatoms. The van der Waals surface area contributed by atoms with Gasteiger partial charge < -0.3 is 15.4 Å². The van der Waals surface area contributed by atoms with E-state index in [1.807, 2.05) is 0 Å². The Morgan fingerprint density at radius 1 is 1.11 bits per heavy atom. The first-order valence-electron chi connectivity index (χ1n) is 6.68. The number of nitrogens with zero attached hydrogens (tertiary/aromatic N) is 1. The number of rotatable bonds is 6. The van der Waals surface area contributed by atoms with E-state index in [0.717, 1.165) is 19.6 Å². The van der Waals surface area contributed by atoms with Crippen molar-refractivity contribution in [3.8, 4) is 0 Å². The molecule has 0 amide bonds. The second-order valence-corrected chi connectivity index (χ2v) is 4.76.